The minimum Gasteiger partial charge on any atom is -0.454 e. The van der Waals surface area contributed by atoms with Gasteiger partial charge in [-0.05, 0) is 23.8 Å². The molecule has 6 nitrogen and oxygen atoms in total. The number of amides is 1. The van der Waals surface area contributed by atoms with Crippen LogP contribution in [0.4, 0.5) is 5.69 Å². The molecule has 2 heterocycles. The number of para-hydroxylation sites is 1. The first-order valence-corrected chi connectivity index (χ1v) is 9.26. The lowest BCUT2D eigenvalue weighted by Crippen LogP contribution is -2.37. The van der Waals surface area contributed by atoms with Crippen molar-refractivity contribution in [1.29, 1.82) is 0 Å². The molecule has 0 aliphatic carbocycles. The summed E-state index contributed by atoms with van der Waals surface area (Å²) >= 11 is 6.22. The fourth-order valence-corrected chi connectivity index (χ4v) is 3.66. The number of ether oxygens (including phenoxy) is 3. The molecule has 2 aromatic carbocycles. The van der Waals surface area contributed by atoms with Crippen LogP contribution in [0.1, 0.15) is 15.9 Å². The standard InChI is InChI=1S/C20H21ClN2O4/c1-22(20(24)15-10-16(21)19-18(11-15)26-13-27-19)12-14-4-2-3-5-17(14)23-6-8-25-9-7-23/h2-5,10-11H,6-9,12-13H2,1H3. The fraction of sp³-hybridized carbons (Fsp3) is 0.350. The van der Waals surface area contributed by atoms with Gasteiger partial charge in [-0.3, -0.25) is 4.79 Å². The Morgan fingerprint density at radius 1 is 1.19 bits per heavy atom. The number of rotatable bonds is 4. The molecule has 0 atom stereocenters. The second-order valence-electron chi connectivity index (χ2n) is 6.58. The van der Waals surface area contributed by atoms with Crippen LogP contribution in [0.5, 0.6) is 11.5 Å². The van der Waals surface area contributed by atoms with E-state index < -0.39 is 0 Å². The van der Waals surface area contributed by atoms with Gasteiger partial charge >= 0.3 is 0 Å². The highest BCUT2D eigenvalue weighted by Gasteiger charge is 2.23. The molecule has 4 rings (SSSR count). The SMILES string of the molecule is CN(Cc1ccccc1N1CCOCC1)C(=O)c1cc(Cl)c2c(c1)OCO2. The van der Waals surface area contributed by atoms with E-state index in [1.165, 1.54) is 0 Å². The number of hydrogen-bond acceptors (Lipinski definition) is 5. The molecule has 1 amide bonds. The topological polar surface area (TPSA) is 51.2 Å². The molecule has 0 bridgehead atoms. The highest BCUT2D eigenvalue weighted by Crippen LogP contribution is 2.40. The molecule has 7 heteroatoms. The third-order valence-corrected chi connectivity index (χ3v) is 5.05. The van der Waals surface area contributed by atoms with Crippen LogP contribution in [-0.2, 0) is 11.3 Å². The van der Waals surface area contributed by atoms with E-state index in [4.69, 9.17) is 25.8 Å². The largest absolute Gasteiger partial charge is 0.454 e. The average molecular weight is 389 g/mol. The van der Waals surface area contributed by atoms with E-state index in [0.717, 1.165) is 37.6 Å². The van der Waals surface area contributed by atoms with Gasteiger partial charge in [-0.15, -0.1) is 0 Å². The molecular formula is C20H21ClN2O4. The fourth-order valence-electron chi connectivity index (χ4n) is 3.40. The maximum Gasteiger partial charge on any atom is 0.254 e. The third kappa shape index (κ3) is 3.68. The number of benzene rings is 2. The van der Waals surface area contributed by atoms with E-state index in [0.29, 0.717) is 28.6 Å². The van der Waals surface area contributed by atoms with Gasteiger partial charge in [0.2, 0.25) is 6.79 Å². The maximum absolute atomic E-state index is 12.9. The number of anilines is 1. The Hall–Kier alpha value is -2.44. The van der Waals surface area contributed by atoms with Crippen molar-refractivity contribution in [3.05, 3.63) is 52.5 Å². The minimum atomic E-state index is -0.119. The normalized spacial score (nSPS) is 15.7. The number of halogens is 1. The van der Waals surface area contributed by atoms with Crippen LogP contribution in [0.2, 0.25) is 5.02 Å². The van der Waals surface area contributed by atoms with Crippen molar-refractivity contribution in [2.45, 2.75) is 6.54 Å². The summed E-state index contributed by atoms with van der Waals surface area (Å²) < 4.78 is 16.1. The van der Waals surface area contributed by atoms with Crippen LogP contribution < -0.4 is 14.4 Å². The predicted octanol–water partition coefficient (Wildman–Crippen LogP) is 3.18. The van der Waals surface area contributed by atoms with E-state index in [1.54, 1.807) is 24.1 Å². The van der Waals surface area contributed by atoms with E-state index in [1.807, 2.05) is 12.1 Å². The first-order valence-electron chi connectivity index (χ1n) is 8.88. The molecule has 0 spiro atoms. The molecule has 142 valence electrons. The summed E-state index contributed by atoms with van der Waals surface area (Å²) in [5.41, 5.74) is 2.72. The van der Waals surface area contributed by atoms with Crippen LogP contribution in [-0.4, -0.2) is 51.0 Å². The molecule has 2 aromatic rings. The smallest absolute Gasteiger partial charge is 0.254 e. The molecule has 0 radical (unpaired) electrons. The first-order chi connectivity index (χ1) is 13.1. The summed E-state index contributed by atoms with van der Waals surface area (Å²) in [6.45, 7) is 3.77. The van der Waals surface area contributed by atoms with Crippen LogP contribution in [0.15, 0.2) is 36.4 Å². The van der Waals surface area contributed by atoms with Crippen molar-refractivity contribution >= 4 is 23.2 Å². The van der Waals surface area contributed by atoms with Gasteiger partial charge in [0, 0.05) is 37.9 Å². The Morgan fingerprint density at radius 2 is 1.96 bits per heavy atom. The molecular weight excluding hydrogens is 368 g/mol. The van der Waals surface area contributed by atoms with Gasteiger partial charge in [0.15, 0.2) is 11.5 Å². The number of hydrogen-bond donors (Lipinski definition) is 0. The van der Waals surface area contributed by atoms with E-state index in [2.05, 4.69) is 17.0 Å². The molecule has 0 saturated carbocycles. The third-order valence-electron chi connectivity index (χ3n) is 4.77. The van der Waals surface area contributed by atoms with Crippen molar-refractivity contribution in [2.24, 2.45) is 0 Å². The lowest BCUT2D eigenvalue weighted by molar-refractivity contribution is 0.0784. The zero-order valence-corrected chi connectivity index (χ0v) is 15.9. The van der Waals surface area contributed by atoms with Crippen molar-refractivity contribution in [2.75, 3.05) is 45.0 Å². The summed E-state index contributed by atoms with van der Waals surface area (Å²) in [5, 5.41) is 0.385. The van der Waals surface area contributed by atoms with Gasteiger partial charge in [-0.1, -0.05) is 29.8 Å². The lowest BCUT2D eigenvalue weighted by Gasteiger charge is -2.31. The van der Waals surface area contributed by atoms with E-state index >= 15 is 0 Å². The van der Waals surface area contributed by atoms with Gasteiger partial charge in [0.05, 0.1) is 18.2 Å². The molecule has 27 heavy (non-hydrogen) atoms. The summed E-state index contributed by atoms with van der Waals surface area (Å²) in [6.07, 6.45) is 0. The monoisotopic (exact) mass is 388 g/mol. The number of morpholine rings is 1. The zero-order chi connectivity index (χ0) is 18.8. The number of nitrogens with zero attached hydrogens (tertiary/aromatic N) is 2. The van der Waals surface area contributed by atoms with Gasteiger partial charge < -0.3 is 24.0 Å². The van der Waals surface area contributed by atoms with Crippen LogP contribution >= 0.6 is 11.6 Å². The van der Waals surface area contributed by atoms with Gasteiger partial charge in [-0.25, -0.2) is 0 Å². The molecule has 1 fully saturated rings. The molecule has 0 unspecified atom stereocenters. The number of carbonyl (C=O) groups is 1. The zero-order valence-electron chi connectivity index (χ0n) is 15.1. The van der Waals surface area contributed by atoms with E-state index in [9.17, 15) is 4.79 Å². The molecule has 0 aromatic heterocycles. The van der Waals surface area contributed by atoms with Crippen LogP contribution in [0.3, 0.4) is 0 Å². The van der Waals surface area contributed by atoms with Gasteiger partial charge in [0.1, 0.15) is 0 Å². The number of carbonyl (C=O) groups excluding carboxylic acids is 1. The second kappa shape index (κ2) is 7.66. The summed E-state index contributed by atoms with van der Waals surface area (Å²) in [6, 6.07) is 11.5. The summed E-state index contributed by atoms with van der Waals surface area (Å²) in [7, 11) is 1.79. The first kappa shape index (κ1) is 17.9. The molecule has 1 saturated heterocycles. The Morgan fingerprint density at radius 3 is 2.78 bits per heavy atom. The highest BCUT2D eigenvalue weighted by atomic mass is 35.5. The van der Waals surface area contributed by atoms with E-state index in [-0.39, 0.29) is 12.7 Å². The molecule has 2 aliphatic heterocycles. The summed E-state index contributed by atoms with van der Waals surface area (Å²) in [5.74, 6) is 0.883. The molecule has 2 aliphatic rings. The van der Waals surface area contributed by atoms with Crippen molar-refractivity contribution < 1.29 is 19.0 Å². The van der Waals surface area contributed by atoms with Gasteiger partial charge in [0.25, 0.3) is 5.91 Å². The maximum atomic E-state index is 12.9. The van der Waals surface area contributed by atoms with Crippen LogP contribution in [0.25, 0.3) is 0 Å². The predicted molar refractivity (Wildman–Crippen MR) is 103 cm³/mol. The average Bonchev–Trinajstić information content (AvgIpc) is 3.18. The molecule has 0 N–H and O–H groups in total. The van der Waals surface area contributed by atoms with Crippen LogP contribution in [0, 0.1) is 0 Å². The van der Waals surface area contributed by atoms with Crippen molar-refractivity contribution in [3.63, 3.8) is 0 Å². The lowest BCUT2D eigenvalue weighted by atomic mass is 10.1. The minimum absolute atomic E-state index is 0.119. The Labute approximate surface area is 163 Å². The van der Waals surface area contributed by atoms with Crippen molar-refractivity contribution in [1.82, 2.24) is 4.90 Å². The Bertz CT molecular complexity index is 852. The Balaban J connectivity index is 1.53. The highest BCUT2D eigenvalue weighted by molar-refractivity contribution is 6.32. The quantitative estimate of drug-likeness (QED) is 0.805. The van der Waals surface area contributed by atoms with Gasteiger partial charge in [-0.2, -0.15) is 0 Å². The Kier molecular flexibility index (Phi) is 5.09. The summed E-state index contributed by atoms with van der Waals surface area (Å²) in [4.78, 5) is 16.9. The number of fused-ring (bicyclic) bond motifs is 1. The second-order valence-corrected chi connectivity index (χ2v) is 6.99. The van der Waals surface area contributed by atoms with Crippen molar-refractivity contribution in [3.8, 4) is 11.5 Å².